The lowest BCUT2D eigenvalue weighted by molar-refractivity contribution is -0.117. The highest BCUT2D eigenvalue weighted by Gasteiger charge is 2.26. The van der Waals surface area contributed by atoms with Crippen molar-refractivity contribution >= 4 is 11.8 Å². The summed E-state index contributed by atoms with van der Waals surface area (Å²) in [6, 6.07) is 0.323. The second-order valence-electron chi connectivity index (χ2n) is 9.93. The van der Waals surface area contributed by atoms with E-state index in [0.717, 1.165) is 51.4 Å². The van der Waals surface area contributed by atoms with E-state index in [1.165, 1.54) is 70.6 Å². The predicted molar refractivity (Wildman–Crippen MR) is 143 cm³/mol. The fourth-order valence-corrected chi connectivity index (χ4v) is 4.61. The van der Waals surface area contributed by atoms with Gasteiger partial charge in [-0.3, -0.25) is 9.59 Å². The Hall–Kier alpha value is -1.62. The summed E-state index contributed by atoms with van der Waals surface area (Å²) in [6.45, 7) is 2.43. The summed E-state index contributed by atoms with van der Waals surface area (Å²) in [5.74, 6) is -0.0280. The number of aliphatic hydroxyl groups excluding tert-OH is 1. The number of allylic oxidation sites excluding steroid dienone is 2. The van der Waals surface area contributed by atoms with Gasteiger partial charge in [0.1, 0.15) is 0 Å². The van der Waals surface area contributed by atoms with Crippen LogP contribution in [0.2, 0.25) is 0 Å². The topological polar surface area (TPSA) is 78.4 Å². The molecule has 0 radical (unpaired) electrons. The zero-order chi connectivity index (χ0) is 24.7. The normalized spacial score (nSPS) is 18.2. The first-order valence-corrected chi connectivity index (χ1v) is 14.2. The lowest BCUT2D eigenvalue weighted by Crippen LogP contribution is -2.36. The number of carbonyl (C=O) groups excluding carboxylic acids is 2. The maximum absolute atomic E-state index is 12.1. The van der Waals surface area contributed by atoms with Crippen LogP contribution < -0.4 is 10.6 Å². The van der Waals surface area contributed by atoms with E-state index in [-0.39, 0.29) is 23.9 Å². The highest BCUT2D eigenvalue weighted by atomic mass is 16.3. The van der Waals surface area contributed by atoms with Crippen LogP contribution in [0.15, 0.2) is 24.3 Å². The Labute approximate surface area is 209 Å². The van der Waals surface area contributed by atoms with E-state index in [9.17, 15) is 9.59 Å². The first-order chi connectivity index (χ1) is 16.7. The SMILES string of the molecule is CCCC=CC(=O)NC1CCC(NC(=O)C=CCCCCCCCCCCCCCCCO)C1. The minimum absolute atomic E-state index is 0.00628. The van der Waals surface area contributed by atoms with Gasteiger partial charge in [-0.05, 0) is 57.1 Å². The van der Waals surface area contributed by atoms with E-state index < -0.39 is 0 Å². The smallest absolute Gasteiger partial charge is 0.243 e. The molecule has 1 rings (SSSR count). The highest BCUT2D eigenvalue weighted by molar-refractivity contribution is 5.88. The van der Waals surface area contributed by atoms with Crippen LogP contribution in [0.4, 0.5) is 0 Å². The van der Waals surface area contributed by atoms with Gasteiger partial charge in [-0.1, -0.05) is 96.1 Å². The van der Waals surface area contributed by atoms with E-state index >= 15 is 0 Å². The van der Waals surface area contributed by atoms with Crippen LogP contribution >= 0.6 is 0 Å². The van der Waals surface area contributed by atoms with E-state index in [0.29, 0.717) is 6.61 Å². The minimum Gasteiger partial charge on any atom is -0.396 e. The molecule has 0 spiro atoms. The minimum atomic E-state index is -0.0217. The Kier molecular flexibility index (Phi) is 19.6. The van der Waals surface area contributed by atoms with Gasteiger partial charge in [0.2, 0.25) is 11.8 Å². The van der Waals surface area contributed by atoms with Gasteiger partial charge in [0.05, 0.1) is 0 Å². The van der Waals surface area contributed by atoms with Gasteiger partial charge in [0.15, 0.2) is 0 Å². The molecule has 1 aliphatic rings. The van der Waals surface area contributed by atoms with Crippen molar-refractivity contribution in [3.63, 3.8) is 0 Å². The van der Waals surface area contributed by atoms with Crippen LogP contribution in [0.3, 0.4) is 0 Å². The van der Waals surface area contributed by atoms with E-state index in [2.05, 4.69) is 17.6 Å². The molecule has 0 heterocycles. The Morgan fingerprint density at radius 2 is 1.09 bits per heavy atom. The predicted octanol–water partition coefficient (Wildman–Crippen LogP) is 6.51. The van der Waals surface area contributed by atoms with Crippen LogP contribution in [0, 0.1) is 0 Å². The molecule has 3 N–H and O–H groups in total. The Morgan fingerprint density at radius 3 is 1.53 bits per heavy atom. The summed E-state index contributed by atoms with van der Waals surface area (Å²) in [5, 5.41) is 14.9. The Bertz CT molecular complexity index is 574. The number of hydrogen-bond donors (Lipinski definition) is 3. The van der Waals surface area contributed by atoms with Crippen molar-refractivity contribution in [1.82, 2.24) is 10.6 Å². The zero-order valence-corrected chi connectivity index (χ0v) is 21.9. The molecule has 0 aromatic heterocycles. The summed E-state index contributed by atoms with van der Waals surface area (Å²) >= 11 is 0. The van der Waals surface area contributed by atoms with Crippen molar-refractivity contribution in [2.24, 2.45) is 0 Å². The van der Waals surface area contributed by atoms with Gasteiger partial charge in [-0.2, -0.15) is 0 Å². The van der Waals surface area contributed by atoms with E-state index in [1.807, 2.05) is 12.2 Å². The Morgan fingerprint density at radius 1 is 0.676 bits per heavy atom. The van der Waals surface area contributed by atoms with Gasteiger partial charge < -0.3 is 15.7 Å². The van der Waals surface area contributed by atoms with Gasteiger partial charge >= 0.3 is 0 Å². The molecule has 5 heteroatoms. The number of rotatable bonds is 21. The molecule has 1 fully saturated rings. The van der Waals surface area contributed by atoms with Crippen molar-refractivity contribution in [2.75, 3.05) is 6.61 Å². The summed E-state index contributed by atoms with van der Waals surface area (Å²) in [6.07, 6.45) is 29.4. The fraction of sp³-hybridized carbons (Fsp3) is 0.793. The van der Waals surface area contributed by atoms with Crippen LogP contribution in [-0.2, 0) is 9.59 Å². The first-order valence-electron chi connectivity index (χ1n) is 14.2. The number of hydrogen-bond acceptors (Lipinski definition) is 3. The van der Waals surface area contributed by atoms with Gasteiger partial charge in [-0.15, -0.1) is 0 Å². The number of unbranched alkanes of at least 4 members (excludes halogenated alkanes) is 14. The molecular formula is C29H52N2O3. The summed E-state index contributed by atoms with van der Waals surface area (Å²) in [7, 11) is 0. The maximum atomic E-state index is 12.1. The molecule has 0 aliphatic heterocycles. The average Bonchev–Trinajstić information content (AvgIpc) is 3.25. The number of carbonyl (C=O) groups is 2. The molecule has 34 heavy (non-hydrogen) atoms. The highest BCUT2D eigenvalue weighted by Crippen LogP contribution is 2.19. The first kappa shape index (κ1) is 30.4. The quantitative estimate of drug-likeness (QED) is 0.131. The molecular weight excluding hydrogens is 424 g/mol. The largest absolute Gasteiger partial charge is 0.396 e. The third kappa shape index (κ3) is 17.8. The molecule has 2 unspecified atom stereocenters. The van der Waals surface area contributed by atoms with Crippen molar-refractivity contribution in [3.05, 3.63) is 24.3 Å². The van der Waals surface area contributed by atoms with Crippen LogP contribution in [0.5, 0.6) is 0 Å². The Balaban J connectivity index is 1.92. The van der Waals surface area contributed by atoms with Gasteiger partial charge in [0.25, 0.3) is 0 Å². The molecule has 0 saturated heterocycles. The van der Waals surface area contributed by atoms with E-state index in [1.54, 1.807) is 12.2 Å². The van der Waals surface area contributed by atoms with Crippen LogP contribution in [-0.4, -0.2) is 35.6 Å². The zero-order valence-electron chi connectivity index (χ0n) is 21.9. The number of aliphatic hydroxyl groups is 1. The lowest BCUT2D eigenvalue weighted by atomic mass is 10.0. The monoisotopic (exact) mass is 476 g/mol. The average molecular weight is 477 g/mol. The second kappa shape index (κ2) is 21.9. The molecule has 5 nitrogen and oxygen atoms in total. The van der Waals surface area contributed by atoms with Crippen LogP contribution in [0.25, 0.3) is 0 Å². The molecule has 196 valence electrons. The maximum Gasteiger partial charge on any atom is 0.243 e. The van der Waals surface area contributed by atoms with Gasteiger partial charge in [0, 0.05) is 18.7 Å². The molecule has 0 aromatic rings. The summed E-state index contributed by atoms with van der Waals surface area (Å²) in [4.78, 5) is 24.0. The van der Waals surface area contributed by atoms with Crippen LogP contribution in [0.1, 0.15) is 129 Å². The summed E-state index contributed by atoms with van der Waals surface area (Å²) < 4.78 is 0. The molecule has 0 aromatic carbocycles. The number of nitrogens with one attached hydrogen (secondary N) is 2. The molecule has 2 amide bonds. The van der Waals surface area contributed by atoms with Gasteiger partial charge in [-0.25, -0.2) is 0 Å². The molecule has 1 aliphatic carbocycles. The molecule has 2 atom stereocenters. The molecule has 0 bridgehead atoms. The summed E-state index contributed by atoms with van der Waals surface area (Å²) in [5.41, 5.74) is 0. The third-order valence-electron chi connectivity index (χ3n) is 6.65. The van der Waals surface area contributed by atoms with E-state index in [4.69, 9.17) is 5.11 Å². The second-order valence-corrected chi connectivity index (χ2v) is 9.93. The van der Waals surface area contributed by atoms with Crippen molar-refractivity contribution < 1.29 is 14.7 Å². The molecule has 1 saturated carbocycles. The lowest BCUT2D eigenvalue weighted by Gasteiger charge is -2.13. The van der Waals surface area contributed by atoms with Crippen molar-refractivity contribution in [3.8, 4) is 0 Å². The number of amides is 2. The fourth-order valence-electron chi connectivity index (χ4n) is 4.61. The van der Waals surface area contributed by atoms with Crippen molar-refractivity contribution in [1.29, 1.82) is 0 Å². The van der Waals surface area contributed by atoms with Crippen molar-refractivity contribution in [2.45, 2.75) is 141 Å². The standard InChI is InChI=1S/C29H52N2O3/c1-2-3-17-20-28(33)30-26-22-23-27(25-26)31-29(34)21-18-15-13-11-9-7-5-4-6-8-10-12-14-16-19-24-32/h17-18,20-21,26-27,32H,2-16,19,22-25H2,1H3,(H,30,33)(H,31,34). The third-order valence-corrected chi connectivity index (χ3v) is 6.65.